The molecular formula is C45H39BrN2O4S. The van der Waals surface area contributed by atoms with Gasteiger partial charge >= 0.3 is 0 Å². The molecule has 6 aromatic carbocycles. The largest absolute Gasteiger partial charge is 0.494 e. The van der Waals surface area contributed by atoms with Crippen molar-refractivity contribution in [2.24, 2.45) is 4.99 Å². The molecule has 0 spiro atoms. The van der Waals surface area contributed by atoms with Gasteiger partial charge in [-0.2, -0.15) is 0 Å². The Bertz CT molecular complexity index is 2160. The Morgan fingerprint density at radius 1 is 0.755 bits per heavy atom. The lowest BCUT2D eigenvalue weighted by molar-refractivity contribution is -0.129. The fraction of sp³-hybridized carbons (Fsp3) is 0.156. The van der Waals surface area contributed by atoms with Gasteiger partial charge in [0.2, 0.25) is 5.90 Å². The first-order chi connectivity index (χ1) is 26.0. The molecule has 7 rings (SSSR count). The average molecular weight is 784 g/mol. The predicted molar refractivity (Wildman–Crippen MR) is 215 cm³/mol. The van der Waals surface area contributed by atoms with Crippen LogP contribution in [-0.2, 0) is 22.5 Å². The van der Waals surface area contributed by atoms with Gasteiger partial charge < -0.3 is 19.9 Å². The molecule has 0 saturated carbocycles. The smallest absolute Gasteiger partial charge is 0.252 e. The molecule has 2 N–H and O–H groups in total. The van der Waals surface area contributed by atoms with E-state index in [1.807, 2.05) is 109 Å². The van der Waals surface area contributed by atoms with E-state index in [0.717, 1.165) is 47.6 Å². The Hall–Kier alpha value is -5.15. The SMILES string of the molecule is O=C(NCc1ccccc1Sc1ccccc1)[C@]1(Cc2ccccc2Br)N=C(c2ccc(OCCCO)cc2)O[C@@H]1c1ccc(-c2ccccc2)cc1. The van der Waals surface area contributed by atoms with Gasteiger partial charge in [0.15, 0.2) is 11.6 Å². The van der Waals surface area contributed by atoms with Crippen LogP contribution in [0.3, 0.4) is 0 Å². The lowest BCUT2D eigenvalue weighted by atomic mass is 9.81. The number of amides is 1. The van der Waals surface area contributed by atoms with E-state index >= 15 is 4.79 Å². The number of halogens is 1. The molecule has 1 aliphatic rings. The van der Waals surface area contributed by atoms with Crippen LogP contribution in [0.15, 0.2) is 177 Å². The zero-order valence-electron chi connectivity index (χ0n) is 29.0. The van der Waals surface area contributed by atoms with Crippen LogP contribution in [0.5, 0.6) is 5.75 Å². The summed E-state index contributed by atoms with van der Waals surface area (Å²) in [6.45, 7) is 0.795. The molecule has 266 valence electrons. The van der Waals surface area contributed by atoms with Gasteiger partial charge in [-0.15, -0.1) is 0 Å². The van der Waals surface area contributed by atoms with Crippen molar-refractivity contribution in [2.75, 3.05) is 13.2 Å². The van der Waals surface area contributed by atoms with Crippen molar-refractivity contribution in [3.63, 3.8) is 0 Å². The third-order valence-corrected chi connectivity index (χ3v) is 11.1. The highest BCUT2D eigenvalue weighted by atomic mass is 79.9. The second-order valence-electron chi connectivity index (χ2n) is 12.8. The fourth-order valence-corrected chi connectivity index (χ4v) is 7.78. The zero-order chi connectivity index (χ0) is 36.5. The summed E-state index contributed by atoms with van der Waals surface area (Å²) in [6.07, 6.45) is 0.103. The molecule has 0 unspecified atom stereocenters. The van der Waals surface area contributed by atoms with E-state index < -0.39 is 11.6 Å². The van der Waals surface area contributed by atoms with E-state index in [1.165, 1.54) is 0 Å². The second-order valence-corrected chi connectivity index (χ2v) is 14.7. The molecule has 0 aliphatic carbocycles. The molecule has 6 aromatic rings. The Balaban J connectivity index is 1.27. The summed E-state index contributed by atoms with van der Waals surface area (Å²) in [4.78, 5) is 22.5. The van der Waals surface area contributed by atoms with Crippen LogP contribution in [0.1, 0.15) is 34.8 Å². The van der Waals surface area contributed by atoms with E-state index in [0.29, 0.717) is 31.2 Å². The summed E-state index contributed by atoms with van der Waals surface area (Å²) in [5.41, 5.74) is 4.34. The van der Waals surface area contributed by atoms with Crippen molar-refractivity contribution in [1.82, 2.24) is 5.32 Å². The van der Waals surface area contributed by atoms with Gasteiger partial charge in [0.05, 0.1) is 6.61 Å². The van der Waals surface area contributed by atoms with Gasteiger partial charge in [-0.25, -0.2) is 4.99 Å². The van der Waals surface area contributed by atoms with E-state index in [1.54, 1.807) is 11.8 Å². The van der Waals surface area contributed by atoms with Crippen LogP contribution in [0, 0.1) is 0 Å². The topological polar surface area (TPSA) is 80.2 Å². The molecule has 2 atom stereocenters. The number of hydrogen-bond donors (Lipinski definition) is 2. The Kier molecular flexibility index (Phi) is 11.7. The molecule has 0 saturated heterocycles. The maximum absolute atomic E-state index is 15.0. The van der Waals surface area contributed by atoms with Crippen molar-refractivity contribution in [2.45, 2.75) is 40.8 Å². The summed E-state index contributed by atoms with van der Waals surface area (Å²) in [5.74, 6) is 0.827. The van der Waals surface area contributed by atoms with Gasteiger partial charge in [0.25, 0.3) is 5.91 Å². The van der Waals surface area contributed by atoms with E-state index in [-0.39, 0.29) is 18.9 Å². The number of aliphatic hydroxyl groups is 1. The Morgan fingerprint density at radius 3 is 2.09 bits per heavy atom. The number of hydrogen-bond acceptors (Lipinski definition) is 6. The first kappa shape index (κ1) is 36.2. The maximum atomic E-state index is 15.0. The summed E-state index contributed by atoms with van der Waals surface area (Å²) in [7, 11) is 0. The molecule has 1 amide bonds. The van der Waals surface area contributed by atoms with E-state index in [2.05, 4.69) is 69.8 Å². The lowest BCUT2D eigenvalue weighted by Gasteiger charge is -2.31. The number of benzene rings is 6. The highest BCUT2D eigenvalue weighted by Crippen LogP contribution is 2.44. The number of carbonyl (C=O) groups excluding carboxylic acids is 1. The highest BCUT2D eigenvalue weighted by molar-refractivity contribution is 9.10. The van der Waals surface area contributed by atoms with Gasteiger partial charge in [0.1, 0.15) is 5.75 Å². The van der Waals surface area contributed by atoms with Crippen molar-refractivity contribution in [3.8, 4) is 16.9 Å². The van der Waals surface area contributed by atoms with E-state index in [9.17, 15) is 0 Å². The molecule has 53 heavy (non-hydrogen) atoms. The highest BCUT2D eigenvalue weighted by Gasteiger charge is 2.53. The molecular weight excluding hydrogens is 744 g/mol. The molecule has 8 heteroatoms. The summed E-state index contributed by atoms with van der Waals surface area (Å²) in [6, 6.07) is 52.3. The number of carbonyl (C=O) groups is 1. The van der Waals surface area contributed by atoms with Gasteiger partial charge in [0, 0.05) is 45.8 Å². The quantitative estimate of drug-likeness (QED) is 0.108. The molecule has 0 radical (unpaired) electrons. The molecule has 6 nitrogen and oxygen atoms in total. The summed E-state index contributed by atoms with van der Waals surface area (Å²) >= 11 is 5.42. The number of nitrogens with one attached hydrogen (secondary N) is 1. The van der Waals surface area contributed by atoms with Crippen LogP contribution in [0.25, 0.3) is 11.1 Å². The van der Waals surface area contributed by atoms with Crippen molar-refractivity contribution >= 4 is 39.5 Å². The Labute approximate surface area is 323 Å². The van der Waals surface area contributed by atoms with Gasteiger partial charge in [-0.1, -0.05) is 137 Å². The number of rotatable bonds is 14. The van der Waals surface area contributed by atoms with Crippen molar-refractivity contribution in [1.29, 1.82) is 0 Å². The third kappa shape index (κ3) is 8.57. The van der Waals surface area contributed by atoms with Crippen LogP contribution in [-0.4, -0.2) is 35.7 Å². The summed E-state index contributed by atoms with van der Waals surface area (Å²) in [5, 5.41) is 12.5. The molecule has 0 aromatic heterocycles. The lowest BCUT2D eigenvalue weighted by Crippen LogP contribution is -2.49. The summed E-state index contributed by atoms with van der Waals surface area (Å²) < 4.78 is 13.5. The van der Waals surface area contributed by atoms with Crippen LogP contribution in [0.4, 0.5) is 0 Å². The Morgan fingerprint density at radius 2 is 1.38 bits per heavy atom. The number of aliphatic imine (C=N–C) groups is 1. The van der Waals surface area contributed by atoms with Crippen LogP contribution in [0.2, 0.25) is 0 Å². The zero-order valence-corrected chi connectivity index (χ0v) is 31.4. The maximum Gasteiger partial charge on any atom is 0.252 e. The second kappa shape index (κ2) is 17.1. The normalized spacial score (nSPS) is 16.4. The van der Waals surface area contributed by atoms with E-state index in [4.69, 9.17) is 19.6 Å². The standard InChI is InChI=1S/C45H39BrN2O4S/c46-40-18-9-7-14-36(40)30-45(44(50)47-31-37-15-8-10-19-41(37)53-39-16-5-2-6-17-39)42(34-22-20-33(21-23-34)32-12-3-1-4-13-32)52-43(48-45)35-24-26-38(27-25-35)51-29-11-28-49/h1-10,12-27,42,49H,11,28-31H2,(H,47,50)/t42-,45-/m1/s1. The number of aliphatic hydroxyl groups excluding tert-OH is 1. The monoisotopic (exact) mass is 782 g/mol. The molecule has 1 heterocycles. The first-order valence-electron chi connectivity index (χ1n) is 17.6. The minimum atomic E-state index is -1.36. The predicted octanol–water partition coefficient (Wildman–Crippen LogP) is 9.84. The minimum absolute atomic E-state index is 0.0650. The fourth-order valence-electron chi connectivity index (χ4n) is 6.39. The van der Waals surface area contributed by atoms with Crippen LogP contribution < -0.4 is 10.1 Å². The third-order valence-electron chi connectivity index (χ3n) is 9.15. The number of ether oxygens (including phenoxy) is 2. The number of nitrogens with zero attached hydrogens (tertiary/aromatic N) is 1. The van der Waals surface area contributed by atoms with Crippen molar-refractivity contribution in [3.05, 3.63) is 184 Å². The van der Waals surface area contributed by atoms with Crippen LogP contribution >= 0.6 is 27.7 Å². The van der Waals surface area contributed by atoms with Gasteiger partial charge in [-0.05, 0) is 76.3 Å². The van der Waals surface area contributed by atoms with Crippen molar-refractivity contribution < 1.29 is 19.4 Å². The molecule has 0 fully saturated rings. The minimum Gasteiger partial charge on any atom is -0.494 e. The molecule has 0 bridgehead atoms. The molecule has 1 aliphatic heterocycles. The average Bonchev–Trinajstić information content (AvgIpc) is 3.60. The van der Waals surface area contributed by atoms with Gasteiger partial charge in [-0.3, -0.25) is 4.79 Å². The first-order valence-corrected chi connectivity index (χ1v) is 19.2.